The van der Waals surface area contributed by atoms with Gasteiger partial charge in [0.2, 0.25) is 0 Å². The zero-order chi connectivity index (χ0) is 8.10. The molecule has 0 aromatic carbocycles. The largest absolute Gasteiger partial charge is 0.393 e. The summed E-state index contributed by atoms with van der Waals surface area (Å²) in [5, 5.41) is 9.58. The van der Waals surface area contributed by atoms with Crippen molar-refractivity contribution in [2.75, 3.05) is 11.5 Å². The minimum absolute atomic E-state index is 0.00259. The predicted octanol–water partition coefficient (Wildman–Crippen LogP) is 2.29. The lowest BCUT2D eigenvalue weighted by Crippen LogP contribution is -2.26. The van der Waals surface area contributed by atoms with Crippen LogP contribution in [0.15, 0.2) is 0 Å². The van der Waals surface area contributed by atoms with Gasteiger partial charge in [-0.1, -0.05) is 19.8 Å². The SMILES string of the molecule is CCSCC1CCCCC1O. The number of aliphatic hydroxyl groups excluding tert-OH is 1. The van der Waals surface area contributed by atoms with Gasteiger partial charge in [-0.05, 0) is 30.3 Å². The first-order valence-electron chi connectivity index (χ1n) is 4.60. The van der Waals surface area contributed by atoms with Crippen LogP contribution < -0.4 is 0 Å². The maximum absolute atomic E-state index is 9.58. The van der Waals surface area contributed by atoms with Crippen LogP contribution in [0.2, 0.25) is 0 Å². The van der Waals surface area contributed by atoms with Crippen LogP contribution in [0.1, 0.15) is 32.6 Å². The van der Waals surface area contributed by atoms with Crippen LogP contribution in [-0.4, -0.2) is 22.7 Å². The molecule has 1 aliphatic rings. The van der Waals surface area contributed by atoms with Crippen molar-refractivity contribution in [1.82, 2.24) is 0 Å². The third-order valence-electron chi connectivity index (χ3n) is 2.41. The highest BCUT2D eigenvalue weighted by molar-refractivity contribution is 7.99. The van der Waals surface area contributed by atoms with Gasteiger partial charge in [-0.3, -0.25) is 0 Å². The summed E-state index contributed by atoms with van der Waals surface area (Å²) in [5.74, 6) is 2.94. The molecular formula is C9H18OS. The van der Waals surface area contributed by atoms with E-state index in [4.69, 9.17) is 0 Å². The van der Waals surface area contributed by atoms with Crippen LogP contribution >= 0.6 is 11.8 Å². The molecule has 0 heterocycles. The van der Waals surface area contributed by atoms with E-state index >= 15 is 0 Å². The number of thioether (sulfide) groups is 1. The summed E-state index contributed by atoms with van der Waals surface area (Å²) in [4.78, 5) is 0. The minimum Gasteiger partial charge on any atom is -0.393 e. The third-order valence-corrected chi connectivity index (χ3v) is 3.48. The van der Waals surface area contributed by atoms with Crippen molar-refractivity contribution >= 4 is 11.8 Å². The van der Waals surface area contributed by atoms with Gasteiger partial charge < -0.3 is 5.11 Å². The third kappa shape index (κ3) is 3.04. The molecule has 11 heavy (non-hydrogen) atoms. The van der Waals surface area contributed by atoms with Gasteiger partial charge in [-0.2, -0.15) is 11.8 Å². The normalized spacial score (nSPS) is 32.2. The average molecular weight is 174 g/mol. The standard InChI is InChI=1S/C9H18OS/c1-2-11-7-8-5-3-4-6-9(8)10/h8-10H,2-7H2,1H3. The van der Waals surface area contributed by atoms with Crippen LogP contribution in [-0.2, 0) is 0 Å². The topological polar surface area (TPSA) is 20.2 Å². The van der Waals surface area contributed by atoms with Crippen molar-refractivity contribution in [3.63, 3.8) is 0 Å². The molecule has 0 spiro atoms. The Labute approximate surface area is 73.6 Å². The first-order valence-corrected chi connectivity index (χ1v) is 5.76. The van der Waals surface area contributed by atoms with Crippen molar-refractivity contribution in [3.05, 3.63) is 0 Å². The lowest BCUT2D eigenvalue weighted by atomic mass is 9.88. The number of aliphatic hydroxyl groups is 1. The van der Waals surface area contributed by atoms with Crippen LogP contribution in [0.5, 0.6) is 0 Å². The Hall–Kier alpha value is 0.310. The fraction of sp³-hybridized carbons (Fsp3) is 1.00. The summed E-state index contributed by atoms with van der Waals surface area (Å²) in [6, 6.07) is 0. The van der Waals surface area contributed by atoms with E-state index in [1.165, 1.54) is 25.0 Å². The van der Waals surface area contributed by atoms with Crippen molar-refractivity contribution in [3.8, 4) is 0 Å². The van der Waals surface area contributed by atoms with Gasteiger partial charge in [0.15, 0.2) is 0 Å². The Morgan fingerprint density at radius 3 is 2.73 bits per heavy atom. The van der Waals surface area contributed by atoms with Crippen LogP contribution in [0.3, 0.4) is 0 Å². The van der Waals surface area contributed by atoms with Gasteiger partial charge in [0, 0.05) is 0 Å². The molecule has 0 bridgehead atoms. The van der Waals surface area contributed by atoms with E-state index in [-0.39, 0.29) is 6.10 Å². The van der Waals surface area contributed by atoms with Crippen molar-refractivity contribution in [2.45, 2.75) is 38.7 Å². The molecule has 0 saturated heterocycles. The molecule has 1 saturated carbocycles. The Kier molecular flexibility index (Phi) is 4.31. The summed E-state index contributed by atoms with van der Waals surface area (Å²) in [5.41, 5.74) is 0. The molecule has 1 fully saturated rings. The van der Waals surface area contributed by atoms with Crippen LogP contribution in [0, 0.1) is 5.92 Å². The number of rotatable bonds is 3. The van der Waals surface area contributed by atoms with Crippen LogP contribution in [0.4, 0.5) is 0 Å². The predicted molar refractivity (Wildman–Crippen MR) is 51.0 cm³/mol. The second-order valence-electron chi connectivity index (χ2n) is 3.27. The summed E-state index contributed by atoms with van der Waals surface area (Å²) in [7, 11) is 0. The van der Waals surface area contributed by atoms with Crippen molar-refractivity contribution < 1.29 is 5.11 Å². The molecule has 1 nitrogen and oxygen atoms in total. The first kappa shape index (κ1) is 9.40. The summed E-state index contributed by atoms with van der Waals surface area (Å²) in [6.45, 7) is 2.18. The van der Waals surface area contributed by atoms with Crippen molar-refractivity contribution in [2.24, 2.45) is 5.92 Å². The Bertz CT molecular complexity index is 106. The van der Waals surface area contributed by atoms with Gasteiger partial charge in [-0.15, -0.1) is 0 Å². The smallest absolute Gasteiger partial charge is 0.0576 e. The lowest BCUT2D eigenvalue weighted by Gasteiger charge is -2.26. The van der Waals surface area contributed by atoms with Gasteiger partial charge in [0.25, 0.3) is 0 Å². The second-order valence-corrected chi connectivity index (χ2v) is 4.59. The van der Waals surface area contributed by atoms with E-state index in [1.807, 2.05) is 11.8 Å². The highest BCUT2D eigenvalue weighted by Crippen LogP contribution is 2.26. The molecular weight excluding hydrogens is 156 g/mol. The quantitative estimate of drug-likeness (QED) is 0.708. The number of hydrogen-bond donors (Lipinski definition) is 1. The molecule has 2 atom stereocenters. The van der Waals surface area contributed by atoms with E-state index in [0.29, 0.717) is 5.92 Å². The summed E-state index contributed by atoms with van der Waals surface area (Å²) >= 11 is 1.96. The Morgan fingerprint density at radius 2 is 2.09 bits per heavy atom. The molecule has 0 aromatic rings. The monoisotopic (exact) mass is 174 g/mol. The van der Waals surface area contributed by atoms with E-state index in [2.05, 4.69) is 6.92 Å². The molecule has 0 aliphatic heterocycles. The average Bonchev–Trinajstić information content (AvgIpc) is 2.03. The fourth-order valence-electron chi connectivity index (χ4n) is 1.65. The Morgan fingerprint density at radius 1 is 1.36 bits per heavy atom. The molecule has 0 amide bonds. The number of hydrogen-bond acceptors (Lipinski definition) is 2. The van der Waals surface area contributed by atoms with E-state index in [0.717, 1.165) is 12.2 Å². The minimum atomic E-state index is 0.00259. The molecule has 1 aliphatic carbocycles. The summed E-state index contributed by atoms with van der Waals surface area (Å²) in [6.07, 6.45) is 4.84. The van der Waals surface area contributed by atoms with E-state index in [1.54, 1.807) is 0 Å². The summed E-state index contributed by atoms with van der Waals surface area (Å²) < 4.78 is 0. The van der Waals surface area contributed by atoms with Gasteiger partial charge in [-0.25, -0.2) is 0 Å². The molecule has 66 valence electrons. The molecule has 1 N–H and O–H groups in total. The van der Waals surface area contributed by atoms with E-state index in [9.17, 15) is 5.11 Å². The van der Waals surface area contributed by atoms with Crippen molar-refractivity contribution in [1.29, 1.82) is 0 Å². The highest BCUT2D eigenvalue weighted by Gasteiger charge is 2.22. The first-order chi connectivity index (χ1) is 5.34. The van der Waals surface area contributed by atoms with Gasteiger partial charge >= 0.3 is 0 Å². The molecule has 0 aromatic heterocycles. The molecule has 0 radical (unpaired) electrons. The highest BCUT2D eigenvalue weighted by atomic mass is 32.2. The van der Waals surface area contributed by atoms with Gasteiger partial charge in [0.1, 0.15) is 0 Å². The fourth-order valence-corrected chi connectivity index (χ4v) is 2.58. The zero-order valence-corrected chi connectivity index (χ0v) is 8.07. The second kappa shape index (κ2) is 5.04. The van der Waals surface area contributed by atoms with Gasteiger partial charge in [0.05, 0.1) is 6.10 Å². The molecule has 1 rings (SSSR count). The van der Waals surface area contributed by atoms with Crippen LogP contribution in [0.25, 0.3) is 0 Å². The molecule has 2 unspecified atom stereocenters. The maximum atomic E-state index is 9.58. The zero-order valence-electron chi connectivity index (χ0n) is 7.25. The van der Waals surface area contributed by atoms with E-state index < -0.39 is 0 Å². The lowest BCUT2D eigenvalue weighted by molar-refractivity contribution is 0.0816. The molecule has 2 heteroatoms. The Balaban J connectivity index is 2.18. The maximum Gasteiger partial charge on any atom is 0.0576 e.